The summed E-state index contributed by atoms with van der Waals surface area (Å²) in [6.07, 6.45) is 0.734. The summed E-state index contributed by atoms with van der Waals surface area (Å²) in [6, 6.07) is 6.34. The number of nitrogens with zero attached hydrogens (tertiary/aromatic N) is 2. The second kappa shape index (κ2) is 5.62. The average molecular weight is 261 g/mol. The van der Waals surface area contributed by atoms with Crippen molar-refractivity contribution < 1.29 is 9.66 Å². The Labute approximate surface area is 110 Å². The summed E-state index contributed by atoms with van der Waals surface area (Å²) in [7, 11) is 0. The molecular weight excluding hydrogens is 246 g/mol. The zero-order valence-corrected chi connectivity index (χ0v) is 10.6. The summed E-state index contributed by atoms with van der Waals surface area (Å²) in [5, 5.41) is 11.5. The molecule has 0 fully saturated rings. The van der Waals surface area contributed by atoms with Gasteiger partial charge in [0.1, 0.15) is 5.75 Å². The Kier molecular flexibility index (Phi) is 3.91. The number of nitro groups is 1. The van der Waals surface area contributed by atoms with Crippen molar-refractivity contribution in [3.63, 3.8) is 0 Å². The summed E-state index contributed by atoms with van der Waals surface area (Å²) in [4.78, 5) is 14.7. The zero-order chi connectivity index (χ0) is 13.8. The number of hydrogen-bond donors (Lipinski definition) is 1. The molecule has 1 aromatic carbocycles. The summed E-state index contributed by atoms with van der Waals surface area (Å²) in [6.45, 7) is 2.89. The fourth-order valence-corrected chi connectivity index (χ4v) is 1.81. The monoisotopic (exact) mass is 261 g/mol. The quantitative estimate of drug-likeness (QED) is 0.506. The van der Waals surface area contributed by atoms with E-state index in [1.165, 1.54) is 12.1 Å². The number of rotatable bonds is 5. The smallest absolute Gasteiger partial charge is 0.270 e. The first-order chi connectivity index (χ1) is 9.11. The van der Waals surface area contributed by atoms with Crippen LogP contribution in [-0.2, 0) is 0 Å². The predicted molar refractivity (Wildman–Crippen MR) is 72.3 cm³/mol. The van der Waals surface area contributed by atoms with Crippen molar-refractivity contribution in [1.82, 2.24) is 4.98 Å². The summed E-state index contributed by atoms with van der Waals surface area (Å²) in [5.41, 5.74) is 6.94. The molecule has 6 nitrogen and oxygen atoms in total. The van der Waals surface area contributed by atoms with Crippen LogP contribution in [0.2, 0.25) is 0 Å². The lowest BCUT2D eigenvalue weighted by molar-refractivity contribution is -0.384. The molecule has 0 bridgehead atoms. The van der Waals surface area contributed by atoms with Gasteiger partial charge in [-0.1, -0.05) is 0 Å². The fraction of sp³-hybridized carbons (Fsp3) is 0.308. The minimum Gasteiger partial charge on any atom is -0.493 e. The van der Waals surface area contributed by atoms with Crippen LogP contribution in [0.1, 0.15) is 12.1 Å². The molecule has 2 N–H and O–H groups in total. The van der Waals surface area contributed by atoms with E-state index in [0.29, 0.717) is 29.8 Å². The number of aromatic nitrogens is 1. The average Bonchev–Trinajstić information content (AvgIpc) is 2.38. The third-order valence-corrected chi connectivity index (χ3v) is 2.70. The van der Waals surface area contributed by atoms with Crippen molar-refractivity contribution in [1.29, 1.82) is 0 Å². The van der Waals surface area contributed by atoms with Crippen molar-refractivity contribution >= 4 is 16.6 Å². The van der Waals surface area contributed by atoms with E-state index in [1.54, 1.807) is 12.1 Å². The van der Waals surface area contributed by atoms with Gasteiger partial charge in [-0.25, -0.2) is 0 Å². The van der Waals surface area contributed by atoms with Crippen LogP contribution in [0, 0.1) is 17.0 Å². The van der Waals surface area contributed by atoms with Crippen LogP contribution in [0.3, 0.4) is 0 Å². The van der Waals surface area contributed by atoms with Gasteiger partial charge in [0.2, 0.25) is 0 Å². The molecule has 0 aliphatic rings. The number of non-ortho nitro benzene ring substituents is 1. The van der Waals surface area contributed by atoms with Crippen molar-refractivity contribution in [2.24, 2.45) is 5.73 Å². The van der Waals surface area contributed by atoms with E-state index in [4.69, 9.17) is 10.5 Å². The molecule has 2 rings (SSSR count). The van der Waals surface area contributed by atoms with Gasteiger partial charge in [-0.05, 0) is 26.0 Å². The van der Waals surface area contributed by atoms with Gasteiger partial charge in [0, 0.05) is 29.3 Å². The molecule has 0 saturated carbocycles. The van der Waals surface area contributed by atoms with E-state index in [-0.39, 0.29) is 5.69 Å². The Hall–Kier alpha value is -2.21. The summed E-state index contributed by atoms with van der Waals surface area (Å²) in [5.74, 6) is 0.611. The first kappa shape index (κ1) is 13.2. The Balaban J connectivity index is 2.46. The molecule has 0 amide bonds. The van der Waals surface area contributed by atoms with Gasteiger partial charge in [0.15, 0.2) is 0 Å². The number of benzene rings is 1. The van der Waals surface area contributed by atoms with Crippen LogP contribution in [0.15, 0.2) is 24.3 Å². The molecule has 0 unspecified atom stereocenters. The lowest BCUT2D eigenvalue weighted by Crippen LogP contribution is -2.06. The van der Waals surface area contributed by atoms with Gasteiger partial charge in [-0.2, -0.15) is 0 Å². The Morgan fingerprint density at radius 1 is 1.42 bits per heavy atom. The van der Waals surface area contributed by atoms with E-state index in [9.17, 15) is 10.1 Å². The van der Waals surface area contributed by atoms with Gasteiger partial charge < -0.3 is 10.5 Å². The highest BCUT2D eigenvalue weighted by Crippen LogP contribution is 2.28. The first-order valence-corrected chi connectivity index (χ1v) is 6.00. The second-order valence-electron chi connectivity index (χ2n) is 4.21. The maximum absolute atomic E-state index is 10.8. The normalized spacial score (nSPS) is 10.6. The Morgan fingerprint density at radius 3 is 2.89 bits per heavy atom. The van der Waals surface area contributed by atoms with E-state index in [2.05, 4.69) is 4.98 Å². The molecule has 0 aliphatic heterocycles. The molecule has 1 heterocycles. The maximum atomic E-state index is 10.8. The van der Waals surface area contributed by atoms with Crippen molar-refractivity contribution in [3.05, 3.63) is 40.1 Å². The lowest BCUT2D eigenvalue weighted by atomic mass is 10.1. The van der Waals surface area contributed by atoms with Gasteiger partial charge in [0.05, 0.1) is 17.0 Å². The van der Waals surface area contributed by atoms with E-state index in [1.807, 2.05) is 6.92 Å². The molecular formula is C13H15N3O3. The Morgan fingerprint density at radius 2 is 2.21 bits per heavy atom. The van der Waals surface area contributed by atoms with Crippen LogP contribution in [-0.4, -0.2) is 23.1 Å². The highest BCUT2D eigenvalue weighted by molar-refractivity contribution is 5.87. The number of hydrogen-bond acceptors (Lipinski definition) is 5. The zero-order valence-electron chi connectivity index (χ0n) is 10.6. The molecule has 19 heavy (non-hydrogen) atoms. The molecule has 0 atom stereocenters. The topological polar surface area (TPSA) is 91.3 Å². The van der Waals surface area contributed by atoms with E-state index in [0.717, 1.165) is 12.1 Å². The van der Waals surface area contributed by atoms with Crippen molar-refractivity contribution in [2.45, 2.75) is 13.3 Å². The molecule has 100 valence electrons. The molecule has 0 spiro atoms. The largest absolute Gasteiger partial charge is 0.493 e. The van der Waals surface area contributed by atoms with E-state index < -0.39 is 4.92 Å². The second-order valence-corrected chi connectivity index (χ2v) is 4.21. The van der Waals surface area contributed by atoms with Crippen molar-refractivity contribution in [2.75, 3.05) is 13.2 Å². The molecule has 6 heteroatoms. The minimum atomic E-state index is -0.428. The van der Waals surface area contributed by atoms with Gasteiger partial charge in [-0.3, -0.25) is 15.1 Å². The SMILES string of the molecule is Cc1cc(OCCCN)c2cc([N+](=O)[O-])ccc2n1. The van der Waals surface area contributed by atoms with E-state index >= 15 is 0 Å². The predicted octanol–water partition coefficient (Wildman–Crippen LogP) is 2.18. The molecule has 2 aromatic rings. The molecule has 0 saturated heterocycles. The highest BCUT2D eigenvalue weighted by Gasteiger charge is 2.11. The molecule has 0 radical (unpaired) electrons. The summed E-state index contributed by atoms with van der Waals surface area (Å²) < 4.78 is 5.63. The van der Waals surface area contributed by atoms with Crippen LogP contribution in [0.25, 0.3) is 10.9 Å². The Bertz CT molecular complexity index is 613. The third-order valence-electron chi connectivity index (χ3n) is 2.70. The minimum absolute atomic E-state index is 0.0295. The van der Waals surface area contributed by atoms with Gasteiger partial charge >= 0.3 is 0 Å². The van der Waals surface area contributed by atoms with Crippen LogP contribution in [0.5, 0.6) is 5.75 Å². The fourth-order valence-electron chi connectivity index (χ4n) is 1.81. The standard InChI is InChI=1S/C13H15N3O3/c1-9-7-13(19-6-2-5-14)11-8-10(16(17)18)3-4-12(11)15-9/h3-4,7-8H,2,5-6,14H2,1H3. The van der Waals surface area contributed by atoms with Crippen molar-refractivity contribution in [3.8, 4) is 5.75 Å². The number of fused-ring (bicyclic) bond motifs is 1. The van der Waals surface area contributed by atoms with Crippen LogP contribution >= 0.6 is 0 Å². The third kappa shape index (κ3) is 2.97. The number of pyridine rings is 1. The van der Waals surface area contributed by atoms with Crippen LogP contribution in [0.4, 0.5) is 5.69 Å². The summed E-state index contributed by atoms with van der Waals surface area (Å²) >= 11 is 0. The highest BCUT2D eigenvalue weighted by atomic mass is 16.6. The number of nitro benzene ring substituents is 1. The van der Waals surface area contributed by atoms with Gasteiger partial charge in [-0.15, -0.1) is 0 Å². The lowest BCUT2D eigenvalue weighted by Gasteiger charge is -2.09. The first-order valence-electron chi connectivity index (χ1n) is 6.00. The molecule has 1 aromatic heterocycles. The number of aryl methyl sites for hydroxylation is 1. The molecule has 0 aliphatic carbocycles. The number of ether oxygens (including phenoxy) is 1. The number of nitrogens with two attached hydrogens (primary N) is 1. The maximum Gasteiger partial charge on any atom is 0.270 e. The van der Waals surface area contributed by atoms with Crippen LogP contribution < -0.4 is 10.5 Å². The van der Waals surface area contributed by atoms with Gasteiger partial charge in [0.25, 0.3) is 5.69 Å².